The second-order valence-electron chi connectivity index (χ2n) is 7.69. The molecule has 0 unspecified atom stereocenters. The minimum Gasteiger partial charge on any atom is -0.486 e. The summed E-state index contributed by atoms with van der Waals surface area (Å²) in [5.41, 5.74) is 1.65. The average molecular weight is 433 g/mol. The molecule has 1 aromatic carbocycles. The summed E-state index contributed by atoms with van der Waals surface area (Å²) in [4.78, 5) is 14.9. The number of carbonyl (C=O) groups excluding carboxylic acids is 1. The van der Waals surface area contributed by atoms with E-state index in [9.17, 15) is 13.2 Å². The standard InChI is InChI=1S/C20H24N4O5S/c25-20(16-14-21-24-6-2-1-3-17(16)24)22-7-9-23(10-8-22)30(26,27)15-4-5-18-19(13-15)29-12-11-28-18/h4-5,13-14H,1-3,6-12H2. The number of hydrogen-bond donors (Lipinski definition) is 0. The van der Waals surface area contributed by atoms with E-state index in [-0.39, 0.29) is 23.9 Å². The van der Waals surface area contributed by atoms with Gasteiger partial charge in [0.1, 0.15) is 13.2 Å². The predicted molar refractivity (Wildman–Crippen MR) is 107 cm³/mol. The Morgan fingerprint density at radius 2 is 1.73 bits per heavy atom. The van der Waals surface area contributed by atoms with Gasteiger partial charge in [-0.15, -0.1) is 0 Å². The maximum Gasteiger partial charge on any atom is 0.257 e. The van der Waals surface area contributed by atoms with Gasteiger partial charge in [-0.2, -0.15) is 9.40 Å². The first-order valence-corrected chi connectivity index (χ1v) is 11.7. The number of aryl methyl sites for hydroxylation is 1. The summed E-state index contributed by atoms with van der Waals surface area (Å²) < 4.78 is 40.5. The van der Waals surface area contributed by atoms with Gasteiger partial charge in [-0.25, -0.2) is 8.42 Å². The molecule has 0 radical (unpaired) electrons. The molecule has 0 aliphatic carbocycles. The van der Waals surface area contributed by atoms with E-state index in [1.165, 1.54) is 10.4 Å². The fraction of sp³-hybridized carbons (Fsp3) is 0.500. The van der Waals surface area contributed by atoms with E-state index >= 15 is 0 Å². The van der Waals surface area contributed by atoms with Crippen molar-refractivity contribution in [2.75, 3.05) is 39.4 Å². The third kappa shape index (κ3) is 3.33. The molecule has 4 heterocycles. The Labute approximate surface area is 175 Å². The van der Waals surface area contributed by atoms with Gasteiger partial charge < -0.3 is 14.4 Å². The topological polar surface area (TPSA) is 94.0 Å². The lowest BCUT2D eigenvalue weighted by atomic mass is 10.1. The molecule has 1 aromatic heterocycles. The van der Waals surface area contributed by atoms with Crippen LogP contribution < -0.4 is 9.47 Å². The third-order valence-electron chi connectivity index (χ3n) is 5.89. The SMILES string of the molecule is O=C(c1cnn2c1CCCC2)N1CCN(S(=O)(=O)c2ccc3c(c2)OCCO3)CC1. The minimum absolute atomic E-state index is 0.0606. The second kappa shape index (κ2) is 7.59. The molecule has 160 valence electrons. The number of aromatic nitrogens is 2. The van der Waals surface area contributed by atoms with Crippen molar-refractivity contribution in [1.82, 2.24) is 19.0 Å². The van der Waals surface area contributed by atoms with Crippen molar-refractivity contribution in [2.45, 2.75) is 30.7 Å². The number of hydrogen-bond acceptors (Lipinski definition) is 6. The minimum atomic E-state index is -3.67. The molecular weight excluding hydrogens is 408 g/mol. The van der Waals surface area contributed by atoms with Crippen molar-refractivity contribution in [2.24, 2.45) is 0 Å². The predicted octanol–water partition coefficient (Wildman–Crippen LogP) is 1.14. The van der Waals surface area contributed by atoms with E-state index in [2.05, 4.69) is 5.10 Å². The first-order chi connectivity index (χ1) is 14.5. The summed E-state index contributed by atoms with van der Waals surface area (Å²) in [6.07, 6.45) is 4.66. The van der Waals surface area contributed by atoms with Crippen LogP contribution in [0.5, 0.6) is 11.5 Å². The number of benzene rings is 1. The van der Waals surface area contributed by atoms with Crippen LogP contribution in [0, 0.1) is 0 Å². The molecule has 9 nitrogen and oxygen atoms in total. The fourth-order valence-corrected chi connectivity index (χ4v) is 5.67. The van der Waals surface area contributed by atoms with Crippen molar-refractivity contribution in [3.63, 3.8) is 0 Å². The van der Waals surface area contributed by atoms with E-state index in [1.54, 1.807) is 23.2 Å². The maximum absolute atomic E-state index is 13.1. The molecule has 1 fully saturated rings. The smallest absolute Gasteiger partial charge is 0.257 e. The van der Waals surface area contributed by atoms with Crippen LogP contribution >= 0.6 is 0 Å². The Bertz CT molecular complexity index is 1070. The summed E-state index contributed by atoms with van der Waals surface area (Å²) in [6, 6.07) is 4.68. The largest absolute Gasteiger partial charge is 0.486 e. The number of ether oxygens (including phenoxy) is 2. The molecule has 3 aliphatic heterocycles. The molecule has 0 saturated carbocycles. The van der Waals surface area contributed by atoms with Gasteiger partial charge in [0.05, 0.1) is 22.3 Å². The Kier molecular flexibility index (Phi) is 4.90. The highest BCUT2D eigenvalue weighted by Gasteiger charge is 2.32. The Balaban J connectivity index is 1.28. The zero-order valence-electron chi connectivity index (χ0n) is 16.6. The van der Waals surface area contributed by atoms with Gasteiger partial charge in [-0.1, -0.05) is 0 Å². The van der Waals surface area contributed by atoms with Gasteiger partial charge >= 0.3 is 0 Å². The Hall–Kier alpha value is -2.59. The normalized spacial score (nSPS) is 19.4. The molecular formula is C20H24N4O5S. The number of carbonyl (C=O) groups is 1. The quantitative estimate of drug-likeness (QED) is 0.722. The van der Waals surface area contributed by atoms with Crippen LogP contribution in [0.15, 0.2) is 29.3 Å². The first-order valence-electron chi connectivity index (χ1n) is 10.3. The highest BCUT2D eigenvalue weighted by Crippen LogP contribution is 2.33. The monoisotopic (exact) mass is 432 g/mol. The number of nitrogens with zero attached hydrogens (tertiary/aromatic N) is 4. The van der Waals surface area contributed by atoms with Crippen molar-refractivity contribution >= 4 is 15.9 Å². The molecule has 5 rings (SSSR count). The lowest BCUT2D eigenvalue weighted by Crippen LogP contribution is -2.50. The third-order valence-corrected chi connectivity index (χ3v) is 7.78. The molecule has 10 heteroatoms. The number of fused-ring (bicyclic) bond motifs is 2. The van der Waals surface area contributed by atoms with Crippen LogP contribution in [0.25, 0.3) is 0 Å². The Morgan fingerprint density at radius 3 is 2.53 bits per heavy atom. The number of sulfonamides is 1. The zero-order chi connectivity index (χ0) is 20.7. The van der Waals surface area contributed by atoms with Gasteiger partial charge in [-0.05, 0) is 31.4 Å². The van der Waals surface area contributed by atoms with Crippen molar-refractivity contribution in [3.8, 4) is 11.5 Å². The highest BCUT2D eigenvalue weighted by atomic mass is 32.2. The van der Waals surface area contributed by atoms with Crippen LogP contribution in [0.3, 0.4) is 0 Å². The van der Waals surface area contributed by atoms with E-state index in [1.807, 2.05) is 4.68 Å². The second-order valence-corrected chi connectivity index (χ2v) is 9.62. The molecule has 30 heavy (non-hydrogen) atoms. The van der Waals surface area contributed by atoms with Gasteiger partial charge in [0.25, 0.3) is 5.91 Å². The summed E-state index contributed by atoms with van der Waals surface area (Å²) in [5.74, 6) is 0.941. The zero-order valence-corrected chi connectivity index (χ0v) is 17.4. The van der Waals surface area contributed by atoms with Crippen LogP contribution in [-0.2, 0) is 23.0 Å². The average Bonchev–Trinajstić information content (AvgIpc) is 3.22. The van der Waals surface area contributed by atoms with Crippen LogP contribution in [0.1, 0.15) is 28.9 Å². The van der Waals surface area contributed by atoms with Gasteiger partial charge in [0.2, 0.25) is 10.0 Å². The summed E-state index contributed by atoms with van der Waals surface area (Å²) in [7, 11) is -3.67. The van der Waals surface area contributed by atoms with E-state index < -0.39 is 10.0 Å². The molecule has 0 atom stereocenters. The summed E-state index contributed by atoms with van der Waals surface area (Å²) in [6.45, 7) is 2.92. The van der Waals surface area contributed by atoms with Crippen molar-refractivity contribution in [3.05, 3.63) is 35.7 Å². The summed E-state index contributed by atoms with van der Waals surface area (Å²) in [5, 5.41) is 4.34. The molecule has 0 N–H and O–H groups in total. The first kappa shape index (κ1) is 19.4. The lowest BCUT2D eigenvalue weighted by molar-refractivity contribution is 0.0696. The maximum atomic E-state index is 13.1. The van der Waals surface area contributed by atoms with Crippen LogP contribution in [-0.4, -0.2) is 72.7 Å². The van der Waals surface area contributed by atoms with E-state index in [0.29, 0.717) is 43.4 Å². The number of amides is 1. The van der Waals surface area contributed by atoms with Gasteiger partial charge in [0, 0.05) is 38.8 Å². The van der Waals surface area contributed by atoms with Gasteiger partial charge in [0.15, 0.2) is 11.5 Å². The fourth-order valence-electron chi connectivity index (χ4n) is 4.23. The Morgan fingerprint density at radius 1 is 0.967 bits per heavy atom. The summed E-state index contributed by atoms with van der Waals surface area (Å²) >= 11 is 0. The molecule has 1 amide bonds. The van der Waals surface area contributed by atoms with Gasteiger partial charge in [-0.3, -0.25) is 9.48 Å². The van der Waals surface area contributed by atoms with Crippen molar-refractivity contribution < 1.29 is 22.7 Å². The van der Waals surface area contributed by atoms with Crippen molar-refractivity contribution in [1.29, 1.82) is 0 Å². The molecule has 0 bridgehead atoms. The lowest BCUT2D eigenvalue weighted by Gasteiger charge is -2.34. The van der Waals surface area contributed by atoms with Crippen LogP contribution in [0.4, 0.5) is 0 Å². The molecule has 3 aliphatic rings. The molecule has 0 spiro atoms. The number of rotatable bonds is 3. The molecule has 1 saturated heterocycles. The van der Waals surface area contributed by atoms with E-state index in [0.717, 1.165) is 31.5 Å². The number of piperazine rings is 1. The molecule has 2 aromatic rings. The van der Waals surface area contributed by atoms with Crippen LogP contribution in [0.2, 0.25) is 0 Å². The van der Waals surface area contributed by atoms with E-state index in [4.69, 9.17) is 9.47 Å². The highest BCUT2D eigenvalue weighted by molar-refractivity contribution is 7.89.